The molecule has 0 bridgehead atoms. The van der Waals surface area contributed by atoms with E-state index in [-0.39, 0.29) is 11.5 Å². The molecule has 1 aliphatic rings. The van der Waals surface area contributed by atoms with E-state index < -0.39 is 0 Å². The van der Waals surface area contributed by atoms with Gasteiger partial charge >= 0.3 is 0 Å². The molecule has 0 unspecified atom stereocenters. The Labute approximate surface area is 151 Å². The molecule has 0 aromatic carbocycles. The molecule has 0 radical (unpaired) electrons. The van der Waals surface area contributed by atoms with E-state index in [1.54, 1.807) is 6.92 Å². The predicted octanol–water partition coefficient (Wildman–Crippen LogP) is 0.230. The number of nitrogens with one attached hydrogen (secondary N) is 1. The van der Waals surface area contributed by atoms with Crippen molar-refractivity contribution in [3.05, 3.63) is 21.8 Å². The van der Waals surface area contributed by atoms with Crippen molar-refractivity contribution in [1.29, 1.82) is 0 Å². The number of aromatic nitrogens is 3. The Bertz CT molecular complexity index is 822. The van der Waals surface area contributed by atoms with Crippen LogP contribution in [0.25, 0.3) is 10.9 Å². The SMILES string of the molecule is Cc1nn(CCCC(=O)NCCN2CCOCC2)c(=O)c2noc(C)c12. The highest BCUT2D eigenvalue weighted by molar-refractivity contribution is 5.81. The molecule has 1 fully saturated rings. The molecular formula is C17H25N5O4. The van der Waals surface area contributed by atoms with Crippen molar-refractivity contribution < 1.29 is 14.1 Å². The number of rotatable bonds is 7. The zero-order chi connectivity index (χ0) is 18.5. The second-order valence-electron chi connectivity index (χ2n) is 6.48. The van der Waals surface area contributed by atoms with Crippen LogP contribution in [0, 0.1) is 13.8 Å². The number of carbonyl (C=O) groups is 1. The van der Waals surface area contributed by atoms with Gasteiger partial charge in [0.15, 0.2) is 5.52 Å². The third-order valence-corrected chi connectivity index (χ3v) is 4.56. The first-order chi connectivity index (χ1) is 12.6. The number of hydrogen-bond donors (Lipinski definition) is 1. The molecular weight excluding hydrogens is 338 g/mol. The molecule has 0 saturated carbocycles. The molecule has 0 atom stereocenters. The summed E-state index contributed by atoms with van der Waals surface area (Å²) in [4.78, 5) is 26.6. The summed E-state index contributed by atoms with van der Waals surface area (Å²) in [5.41, 5.74) is 0.716. The first kappa shape index (κ1) is 18.5. The molecule has 1 N–H and O–H groups in total. The van der Waals surface area contributed by atoms with Crippen LogP contribution in [0.1, 0.15) is 24.3 Å². The van der Waals surface area contributed by atoms with Crippen molar-refractivity contribution in [2.24, 2.45) is 0 Å². The van der Waals surface area contributed by atoms with Crippen molar-refractivity contribution in [3.8, 4) is 0 Å². The highest BCUT2D eigenvalue weighted by atomic mass is 16.5. The van der Waals surface area contributed by atoms with Gasteiger partial charge in [0.2, 0.25) is 5.91 Å². The summed E-state index contributed by atoms with van der Waals surface area (Å²) in [7, 11) is 0. The lowest BCUT2D eigenvalue weighted by atomic mass is 10.2. The van der Waals surface area contributed by atoms with Crippen LogP contribution in [-0.2, 0) is 16.1 Å². The summed E-state index contributed by atoms with van der Waals surface area (Å²) in [6.07, 6.45) is 0.893. The topological polar surface area (TPSA) is 102 Å². The third-order valence-electron chi connectivity index (χ3n) is 4.56. The number of amides is 1. The van der Waals surface area contributed by atoms with Crippen LogP contribution in [-0.4, -0.2) is 65.1 Å². The number of morpholine rings is 1. The van der Waals surface area contributed by atoms with Gasteiger partial charge in [-0.2, -0.15) is 5.10 Å². The molecule has 3 rings (SSSR count). The van der Waals surface area contributed by atoms with Gasteiger partial charge in [0.1, 0.15) is 5.76 Å². The Balaban J connectivity index is 1.45. The maximum absolute atomic E-state index is 12.4. The van der Waals surface area contributed by atoms with E-state index in [1.807, 2.05) is 6.92 Å². The fraction of sp³-hybridized carbons (Fsp3) is 0.647. The standard InChI is InChI=1S/C17H25N5O4/c1-12-15-13(2)26-20-16(15)17(24)22(19-12)6-3-4-14(23)18-5-7-21-8-10-25-11-9-21/h3-11H2,1-2H3,(H,18,23). The van der Waals surface area contributed by atoms with E-state index in [9.17, 15) is 9.59 Å². The molecule has 9 heteroatoms. The van der Waals surface area contributed by atoms with Crippen LogP contribution >= 0.6 is 0 Å². The largest absolute Gasteiger partial charge is 0.379 e. The van der Waals surface area contributed by atoms with Gasteiger partial charge < -0.3 is 14.6 Å². The molecule has 142 valence electrons. The van der Waals surface area contributed by atoms with Crippen molar-refractivity contribution in [3.63, 3.8) is 0 Å². The fourth-order valence-corrected chi connectivity index (χ4v) is 3.15. The van der Waals surface area contributed by atoms with E-state index in [1.165, 1.54) is 4.68 Å². The quantitative estimate of drug-likeness (QED) is 0.751. The minimum absolute atomic E-state index is 0.0126. The fourth-order valence-electron chi connectivity index (χ4n) is 3.15. The summed E-state index contributed by atoms with van der Waals surface area (Å²) in [6, 6.07) is 0. The maximum atomic E-state index is 12.4. The molecule has 0 aliphatic carbocycles. The number of carbonyl (C=O) groups excluding carboxylic acids is 1. The molecule has 1 aliphatic heterocycles. The van der Waals surface area contributed by atoms with Gasteiger partial charge in [0.25, 0.3) is 5.56 Å². The van der Waals surface area contributed by atoms with E-state index in [4.69, 9.17) is 9.26 Å². The van der Waals surface area contributed by atoms with Gasteiger partial charge in [-0.1, -0.05) is 5.16 Å². The molecule has 0 spiro atoms. The lowest BCUT2D eigenvalue weighted by molar-refractivity contribution is -0.121. The minimum atomic E-state index is -0.282. The zero-order valence-electron chi connectivity index (χ0n) is 15.3. The summed E-state index contributed by atoms with van der Waals surface area (Å²) < 4.78 is 11.7. The summed E-state index contributed by atoms with van der Waals surface area (Å²) >= 11 is 0. The van der Waals surface area contributed by atoms with Crippen molar-refractivity contribution in [2.75, 3.05) is 39.4 Å². The van der Waals surface area contributed by atoms with Gasteiger partial charge in [0, 0.05) is 39.1 Å². The number of fused-ring (bicyclic) bond motifs is 1. The molecule has 26 heavy (non-hydrogen) atoms. The first-order valence-corrected chi connectivity index (χ1v) is 8.97. The minimum Gasteiger partial charge on any atom is -0.379 e. The van der Waals surface area contributed by atoms with Crippen LogP contribution in [0.2, 0.25) is 0 Å². The Hall–Kier alpha value is -2.26. The van der Waals surface area contributed by atoms with Crippen LogP contribution in [0.5, 0.6) is 0 Å². The highest BCUT2D eigenvalue weighted by Gasteiger charge is 2.15. The van der Waals surface area contributed by atoms with Gasteiger partial charge in [-0.05, 0) is 20.3 Å². The molecule has 9 nitrogen and oxygen atoms in total. The van der Waals surface area contributed by atoms with Gasteiger partial charge in [0.05, 0.1) is 24.3 Å². The summed E-state index contributed by atoms with van der Waals surface area (Å²) in [5, 5.41) is 11.7. The average molecular weight is 363 g/mol. The Morgan fingerprint density at radius 1 is 1.23 bits per heavy atom. The van der Waals surface area contributed by atoms with E-state index in [0.29, 0.717) is 48.3 Å². The lowest BCUT2D eigenvalue weighted by Gasteiger charge is -2.26. The maximum Gasteiger partial charge on any atom is 0.296 e. The molecule has 2 aromatic heterocycles. The van der Waals surface area contributed by atoms with E-state index >= 15 is 0 Å². The van der Waals surface area contributed by atoms with Gasteiger partial charge in [-0.25, -0.2) is 4.68 Å². The van der Waals surface area contributed by atoms with Gasteiger partial charge in [-0.3, -0.25) is 14.5 Å². The zero-order valence-corrected chi connectivity index (χ0v) is 15.3. The Morgan fingerprint density at radius 2 is 2.00 bits per heavy atom. The molecule has 2 aromatic rings. The highest BCUT2D eigenvalue weighted by Crippen LogP contribution is 2.16. The first-order valence-electron chi connectivity index (χ1n) is 8.97. The molecule has 3 heterocycles. The summed E-state index contributed by atoms with van der Waals surface area (Å²) in [6.45, 7) is 8.74. The second kappa shape index (κ2) is 8.41. The normalized spacial score (nSPS) is 15.5. The number of hydrogen-bond acceptors (Lipinski definition) is 7. The Morgan fingerprint density at radius 3 is 2.77 bits per heavy atom. The molecule has 1 amide bonds. The van der Waals surface area contributed by atoms with Crippen LogP contribution in [0.3, 0.4) is 0 Å². The Kier molecular flexibility index (Phi) is 6.00. The van der Waals surface area contributed by atoms with Crippen LogP contribution in [0.15, 0.2) is 9.32 Å². The number of aryl methyl sites for hydroxylation is 3. The predicted molar refractivity (Wildman–Crippen MR) is 95.0 cm³/mol. The number of nitrogens with zero attached hydrogens (tertiary/aromatic N) is 4. The van der Waals surface area contributed by atoms with Gasteiger partial charge in [-0.15, -0.1) is 0 Å². The second-order valence-corrected chi connectivity index (χ2v) is 6.48. The monoisotopic (exact) mass is 363 g/mol. The van der Waals surface area contributed by atoms with Crippen LogP contribution in [0.4, 0.5) is 0 Å². The van der Waals surface area contributed by atoms with Crippen molar-refractivity contribution in [2.45, 2.75) is 33.2 Å². The lowest BCUT2D eigenvalue weighted by Crippen LogP contribution is -2.41. The van der Waals surface area contributed by atoms with E-state index in [0.717, 1.165) is 32.8 Å². The third kappa shape index (κ3) is 4.28. The van der Waals surface area contributed by atoms with Crippen LogP contribution < -0.4 is 10.9 Å². The van der Waals surface area contributed by atoms with Crippen molar-refractivity contribution >= 4 is 16.8 Å². The molecule has 1 saturated heterocycles. The summed E-state index contributed by atoms with van der Waals surface area (Å²) in [5.74, 6) is 0.579. The number of ether oxygens (including phenoxy) is 1. The van der Waals surface area contributed by atoms with E-state index in [2.05, 4.69) is 20.5 Å². The average Bonchev–Trinajstić information content (AvgIpc) is 3.02. The smallest absolute Gasteiger partial charge is 0.296 e. The van der Waals surface area contributed by atoms with Crippen molar-refractivity contribution in [1.82, 2.24) is 25.2 Å².